The van der Waals surface area contributed by atoms with E-state index in [0.717, 1.165) is 44.1 Å². The molecule has 0 N–H and O–H groups in total. The fourth-order valence-corrected chi connectivity index (χ4v) is 4.30. The molecule has 1 fully saturated rings. The fraction of sp³-hybridized carbons (Fsp3) is 0.385. The molecule has 2 aromatic carbocycles. The van der Waals surface area contributed by atoms with E-state index < -0.39 is 23.4 Å². The van der Waals surface area contributed by atoms with Gasteiger partial charge in [-0.05, 0) is 74.3 Å². The topological polar surface area (TPSA) is 0 Å². The highest BCUT2D eigenvalue weighted by Gasteiger charge is 2.27. The molecule has 1 aliphatic rings. The molecule has 29 heavy (non-hydrogen) atoms. The Morgan fingerprint density at radius 1 is 0.966 bits per heavy atom. The number of allylic oxidation sites excluding steroid dienone is 3. The van der Waals surface area contributed by atoms with Crippen molar-refractivity contribution in [3.05, 3.63) is 78.4 Å². The number of hydrogen-bond acceptors (Lipinski definition) is 0. The Morgan fingerprint density at radius 2 is 1.69 bits per heavy atom. The lowest BCUT2D eigenvalue weighted by Crippen LogP contribution is -2.15. The SMILES string of the molecule is C=CCCc1ccc2c(F)c(C(F)=C(F)C3CCC(CCC=C)CC3)ccc2c1. The summed E-state index contributed by atoms with van der Waals surface area (Å²) in [6.07, 6.45) is 10.4. The molecule has 0 saturated heterocycles. The lowest BCUT2D eigenvalue weighted by atomic mass is 9.79. The molecule has 0 heterocycles. The van der Waals surface area contributed by atoms with Gasteiger partial charge in [-0.1, -0.05) is 36.4 Å². The van der Waals surface area contributed by atoms with Crippen LogP contribution in [-0.4, -0.2) is 0 Å². The van der Waals surface area contributed by atoms with Crippen molar-refractivity contribution >= 4 is 16.6 Å². The number of aryl methyl sites for hydroxylation is 1. The molecule has 0 aromatic heterocycles. The second kappa shape index (κ2) is 9.96. The third-order valence-corrected chi connectivity index (χ3v) is 6.09. The lowest BCUT2D eigenvalue weighted by Gasteiger charge is -2.27. The summed E-state index contributed by atoms with van der Waals surface area (Å²) in [6.45, 7) is 7.45. The average Bonchev–Trinajstić information content (AvgIpc) is 2.76. The van der Waals surface area contributed by atoms with Crippen LogP contribution in [0.5, 0.6) is 0 Å². The van der Waals surface area contributed by atoms with E-state index in [0.29, 0.717) is 29.5 Å². The second-order valence-electron chi connectivity index (χ2n) is 8.06. The van der Waals surface area contributed by atoms with E-state index in [1.807, 2.05) is 24.3 Å². The largest absolute Gasteiger partial charge is 0.208 e. The highest BCUT2D eigenvalue weighted by Crippen LogP contribution is 2.40. The Labute approximate surface area is 171 Å². The first kappa shape index (κ1) is 21.4. The first-order valence-corrected chi connectivity index (χ1v) is 10.5. The second-order valence-corrected chi connectivity index (χ2v) is 8.06. The Morgan fingerprint density at radius 3 is 2.38 bits per heavy atom. The molecule has 0 amide bonds. The molecule has 0 unspecified atom stereocenters. The predicted molar refractivity (Wildman–Crippen MR) is 116 cm³/mol. The van der Waals surface area contributed by atoms with Crippen LogP contribution in [0.25, 0.3) is 16.6 Å². The van der Waals surface area contributed by atoms with E-state index in [1.54, 1.807) is 12.1 Å². The summed E-state index contributed by atoms with van der Waals surface area (Å²) >= 11 is 0. The van der Waals surface area contributed by atoms with Crippen LogP contribution >= 0.6 is 0 Å². The van der Waals surface area contributed by atoms with Gasteiger partial charge in [0.15, 0.2) is 5.83 Å². The number of rotatable bonds is 8. The molecule has 1 saturated carbocycles. The van der Waals surface area contributed by atoms with Gasteiger partial charge in [-0.25, -0.2) is 13.2 Å². The maximum absolute atomic E-state index is 15.0. The molecule has 0 aliphatic heterocycles. The molecule has 154 valence electrons. The molecule has 3 rings (SSSR count). The van der Waals surface area contributed by atoms with E-state index in [4.69, 9.17) is 0 Å². The predicted octanol–water partition coefficient (Wildman–Crippen LogP) is 8.48. The highest BCUT2D eigenvalue weighted by molar-refractivity contribution is 5.87. The minimum Gasteiger partial charge on any atom is -0.208 e. The van der Waals surface area contributed by atoms with Gasteiger partial charge in [0, 0.05) is 16.9 Å². The van der Waals surface area contributed by atoms with Crippen molar-refractivity contribution in [2.75, 3.05) is 0 Å². The van der Waals surface area contributed by atoms with Crippen molar-refractivity contribution in [2.45, 2.75) is 51.4 Å². The molecule has 2 aromatic rings. The lowest BCUT2D eigenvalue weighted by molar-refractivity contribution is 0.263. The summed E-state index contributed by atoms with van der Waals surface area (Å²) in [5.41, 5.74) is 0.794. The fourth-order valence-electron chi connectivity index (χ4n) is 4.30. The van der Waals surface area contributed by atoms with E-state index in [1.165, 1.54) is 6.07 Å². The molecular weight excluding hydrogens is 369 g/mol. The first-order chi connectivity index (χ1) is 14.0. The maximum atomic E-state index is 15.0. The van der Waals surface area contributed by atoms with Gasteiger partial charge in [-0.2, -0.15) is 0 Å². The van der Waals surface area contributed by atoms with E-state index in [-0.39, 0.29) is 5.56 Å². The van der Waals surface area contributed by atoms with Crippen molar-refractivity contribution in [2.24, 2.45) is 11.8 Å². The van der Waals surface area contributed by atoms with Crippen LogP contribution in [0.4, 0.5) is 13.2 Å². The summed E-state index contributed by atoms with van der Waals surface area (Å²) in [6, 6.07) is 8.42. The molecule has 1 aliphatic carbocycles. The van der Waals surface area contributed by atoms with E-state index in [2.05, 4.69) is 13.2 Å². The highest BCUT2D eigenvalue weighted by atomic mass is 19.2. The minimum atomic E-state index is -1.05. The Hall–Kier alpha value is -2.29. The zero-order chi connectivity index (χ0) is 20.8. The van der Waals surface area contributed by atoms with Crippen LogP contribution in [0.15, 0.2) is 61.5 Å². The van der Waals surface area contributed by atoms with Crippen LogP contribution in [-0.2, 0) is 6.42 Å². The minimum absolute atomic E-state index is 0.275. The zero-order valence-corrected chi connectivity index (χ0v) is 16.9. The summed E-state index contributed by atoms with van der Waals surface area (Å²) in [5.74, 6) is -2.44. The van der Waals surface area contributed by atoms with E-state index >= 15 is 0 Å². The number of benzene rings is 2. The van der Waals surface area contributed by atoms with Gasteiger partial charge in [0.1, 0.15) is 11.6 Å². The molecule has 0 atom stereocenters. The summed E-state index contributed by atoms with van der Waals surface area (Å²) in [4.78, 5) is 0. The molecule has 0 nitrogen and oxygen atoms in total. The summed E-state index contributed by atoms with van der Waals surface area (Å²) < 4.78 is 44.7. The van der Waals surface area contributed by atoms with Crippen molar-refractivity contribution in [1.29, 1.82) is 0 Å². The standard InChI is InChI=1S/C26H29F3/c1-3-5-7-18-9-12-20(13-10-18)24(27)26(29)23-16-14-21-17-19(8-6-4-2)11-15-22(21)25(23)28/h3-4,11,14-18,20H,1-2,5-10,12-13H2. The first-order valence-electron chi connectivity index (χ1n) is 10.5. The Balaban J connectivity index is 1.80. The monoisotopic (exact) mass is 398 g/mol. The number of halogens is 3. The molecule has 3 heteroatoms. The molecule has 0 radical (unpaired) electrons. The molecule has 0 spiro atoms. The van der Waals surface area contributed by atoms with Crippen LogP contribution in [0.1, 0.15) is 56.1 Å². The maximum Gasteiger partial charge on any atom is 0.165 e. The van der Waals surface area contributed by atoms with Crippen LogP contribution in [0, 0.1) is 17.7 Å². The molecule has 0 bridgehead atoms. The normalized spacial score (nSPS) is 20.4. The molecular formula is C26H29F3. The third-order valence-electron chi connectivity index (χ3n) is 6.09. The summed E-state index contributed by atoms with van der Waals surface area (Å²) in [7, 11) is 0. The number of hydrogen-bond donors (Lipinski definition) is 0. The van der Waals surface area contributed by atoms with Gasteiger partial charge in [-0.15, -0.1) is 13.2 Å². The van der Waals surface area contributed by atoms with Gasteiger partial charge in [0.05, 0.1) is 0 Å². The quantitative estimate of drug-likeness (QED) is 0.391. The van der Waals surface area contributed by atoms with Gasteiger partial charge in [0.25, 0.3) is 0 Å². The Bertz CT molecular complexity index is 902. The third kappa shape index (κ3) is 5.01. The van der Waals surface area contributed by atoms with Crippen molar-refractivity contribution < 1.29 is 13.2 Å². The van der Waals surface area contributed by atoms with Gasteiger partial charge in [-0.3, -0.25) is 0 Å². The van der Waals surface area contributed by atoms with Crippen LogP contribution < -0.4 is 0 Å². The van der Waals surface area contributed by atoms with Crippen LogP contribution in [0.3, 0.4) is 0 Å². The summed E-state index contributed by atoms with van der Waals surface area (Å²) in [5, 5.41) is 1.02. The van der Waals surface area contributed by atoms with E-state index in [9.17, 15) is 13.2 Å². The van der Waals surface area contributed by atoms with Crippen molar-refractivity contribution in [1.82, 2.24) is 0 Å². The average molecular weight is 399 g/mol. The number of fused-ring (bicyclic) bond motifs is 1. The Kier molecular flexibility index (Phi) is 7.35. The van der Waals surface area contributed by atoms with Crippen LogP contribution in [0.2, 0.25) is 0 Å². The zero-order valence-electron chi connectivity index (χ0n) is 16.9. The van der Waals surface area contributed by atoms with Crippen molar-refractivity contribution in [3.8, 4) is 0 Å². The van der Waals surface area contributed by atoms with Gasteiger partial charge >= 0.3 is 0 Å². The smallest absolute Gasteiger partial charge is 0.165 e. The van der Waals surface area contributed by atoms with Crippen molar-refractivity contribution in [3.63, 3.8) is 0 Å². The van der Waals surface area contributed by atoms with Gasteiger partial charge < -0.3 is 0 Å². The van der Waals surface area contributed by atoms with Gasteiger partial charge in [0.2, 0.25) is 0 Å².